The van der Waals surface area contributed by atoms with Gasteiger partial charge in [0.1, 0.15) is 12.2 Å². The van der Waals surface area contributed by atoms with E-state index in [-0.39, 0.29) is 31.0 Å². The first-order valence-corrected chi connectivity index (χ1v) is 7.20. The lowest BCUT2D eigenvalue weighted by molar-refractivity contribution is -0.138. The summed E-state index contributed by atoms with van der Waals surface area (Å²) in [5.41, 5.74) is 6.58. The van der Waals surface area contributed by atoms with Crippen LogP contribution in [0.1, 0.15) is 37.8 Å². The first-order chi connectivity index (χ1) is 10.1. The lowest BCUT2D eigenvalue weighted by atomic mass is 9.94. The largest absolute Gasteiger partial charge is 0.480 e. The molecular weight excluding hydrogens is 274 g/mol. The van der Waals surface area contributed by atoms with E-state index in [1.807, 2.05) is 0 Å². The van der Waals surface area contributed by atoms with E-state index in [1.54, 1.807) is 0 Å². The summed E-state index contributed by atoms with van der Waals surface area (Å²) in [6.07, 6.45) is 6.45. The molecule has 1 fully saturated rings. The van der Waals surface area contributed by atoms with Gasteiger partial charge in [0.25, 0.3) is 0 Å². The number of carbonyl (C=O) groups is 2. The van der Waals surface area contributed by atoms with Gasteiger partial charge in [-0.2, -0.15) is 0 Å². The maximum Gasteiger partial charge on any atom is 0.325 e. The van der Waals surface area contributed by atoms with Crippen molar-refractivity contribution >= 4 is 11.9 Å². The summed E-state index contributed by atoms with van der Waals surface area (Å²) < 4.78 is 1.22. The second kappa shape index (κ2) is 7.16. The van der Waals surface area contributed by atoms with E-state index >= 15 is 0 Å². The van der Waals surface area contributed by atoms with Crippen molar-refractivity contribution in [2.45, 2.75) is 51.2 Å². The second-order valence-electron chi connectivity index (χ2n) is 5.43. The van der Waals surface area contributed by atoms with Crippen LogP contribution in [-0.2, 0) is 22.7 Å². The number of nitrogens with zero attached hydrogens (tertiary/aromatic N) is 3. The number of amides is 1. The number of carbonyl (C=O) groups excluding carboxylic acids is 1. The van der Waals surface area contributed by atoms with Crippen molar-refractivity contribution in [1.82, 2.24) is 20.3 Å². The summed E-state index contributed by atoms with van der Waals surface area (Å²) in [5, 5.41) is 19.0. The van der Waals surface area contributed by atoms with Crippen LogP contribution in [0, 0.1) is 5.92 Å². The molecule has 2 rings (SSSR count). The molecule has 0 radical (unpaired) electrons. The summed E-state index contributed by atoms with van der Waals surface area (Å²) in [6, 6.07) is -0.0878. The van der Waals surface area contributed by atoms with E-state index in [4.69, 9.17) is 10.8 Å². The van der Waals surface area contributed by atoms with Gasteiger partial charge in [0, 0.05) is 6.04 Å². The Balaban J connectivity index is 1.85. The average molecular weight is 295 g/mol. The number of hydrogen-bond acceptors (Lipinski definition) is 5. The Labute approximate surface area is 122 Å². The fraction of sp³-hybridized carbons (Fsp3) is 0.692. The molecule has 2 atom stereocenters. The standard InChI is InChI=1S/C13H21N5O3/c14-11-5-3-1-2-4-10(11)13(21)15-6-9-7-18(17-16-9)8-12(19)20/h7,10-11H,1-6,8,14H2,(H,15,21)(H,19,20). The first kappa shape index (κ1) is 15.4. The molecule has 1 aromatic rings. The van der Waals surface area contributed by atoms with E-state index in [9.17, 15) is 9.59 Å². The van der Waals surface area contributed by atoms with Gasteiger partial charge >= 0.3 is 5.97 Å². The van der Waals surface area contributed by atoms with E-state index < -0.39 is 5.97 Å². The molecule has 1 aromatic heterocycles. The highest BCUT2D eigenvalue weighted by molar-refractivity contribution is 5.79. The monoisotopic (exact) mass is 295 g/mol. The Morgan fingerprint density at radius 2 is 2.14 bits per heavy atom. The normalized spacial score (nSPS) is 22.5. The topological polar surface area (TPSA) is 123 Å². The minimum Gasteiger partial charge on any atom is -0.480 e. The number of aromatic nitrogens is 3. The Morgan fingerprint density at radius 3 is 2.90 bits per heavy atom. The van der Waals surface area contributed by atoms with E-state index in [0.29, 0.717) is 5.69 Å². The number of nitrogens with one attached hydrogen (secondary N) is 1. The Kier molecular flexibility index (Phi) is 5.26. The Morgan fingerprint density at radius 1 is 1.38 bits per heavy atom. The predicted molar refractivity (Wildman–Crippen MR) is 74.1 cm³/mol. The molecule has 1 aliphatic carbocycles. The summed E-state index contributed by atoms with van der Waals surface area (Å²) in [6.45, 7) is -0.00385. The molecule has 1 saturated carbocycles. The number of nitrogens with two attached hydrogens (primary N) is 1. The zero-order chi connectivity index (χ0) is 15.2. The van der Waals surface area contributed by atoms with Crippen LogP contribution in [0.25, 0.3) is 0 Å². The molecule has 0 aliphatic heterocycles. The van der Waals surface area contributed by atoms with Gasteiger partial charge in [-0.15, -0.1) is 5.10 Å². The molecule has 8 heteroatoms. The number of hydrogen-bond donors (Lipinski definition) is 3. The molecule has 21 heavy (non-hydrogen) atoms. The Hall–Kier alpha value is -1.96. The van der Waals surface area contributed by atoms with Crippen LogP contribution in [-0.4, -0.2) is 38.0 Å². The van der Waals surface area contributed by atoms with Crippen molar-refractivity contribution in [3.63, 3.8) is 0 Å². The van der Waals surface area contributed by atoms with E-state index in [2.05, 4.69) is 15.6 Å². The molecule has 4 N–H and O–H groups in total. The molecule has 8 nitrogen and oxygen atoms in total. The summed E-state index contributed by atoms with van der Waals surface area (Å²) in [5.74, 6) is -1.20. The quantitative estimate of drug-likeness (QED) is 0.651. The molecule has 1 heterocycles. The molecule has 116 valence electrons. The highest BCUT2D eigenvalue weighted by Gasteiger charge is 2.26. The molecule has 2 unspecified atom stereocenters. The lowest BCUT2D eigenvalue weighted by Crippen LogP contribution is -2.41. The van der Waals surface area contributed by atoms with E-state index in [0.717, 1.165) is 32.1 Å². The molecule has 0 aromatic carbocycles. The molecule has 1 amide bonds. The highest BCUT2D eigenvalue weighted by atomic mass is 16.4. The van der Waals surface area contributed by atoms with Crippen molar-refractivity contribution in [3.8, 4) is 0 Å². The maximum atomic E-state index is 12.2. The van der Waals surface area contributed by atoms with Crippen LogP contribution in [0.4, 0.5) is 0 Å². The van der Waals surface area contributed by atoms with Gasteiger partial charge in [-0.05, 0) is 12.8 Å². The highest BCUT2D eigenvalue weighted by Crippen LogP contribution is 2.22. The van der Waals surface area contributed by atoms with Gasteiger partial charge in [0.05, 0.1) is 18.7 Å². The van der Waals surface area contributed by atoms with Crippen molar-refractivity contribution in [1.29, 1.82) is 0 Å². The van der Waals surface area contributed by atoms with Gasteiger partial charge < -0.3 is 16.2 Å². The third-order valence-corrected chi connectivity index (χ3v) is 3.73. The zero-order valence-electron chi connectivity index (χ0n) is 11.9. The summed E-state index contributed by atoms with van der Waals surface area (Å²) in [7, 11) is 0. The van der Waals surface area contributed by atoms with Crippen LogP contribution < -0.4 is 11.1 Å². The molecular formula is C13H21N5O3. The van der Waals surface area contributed by atoms with Gasteiger partial charge in [-0.25, -0.2) is 4.68 Å². The number of rotatable bonds is 5. The molecule has 0 spiro atoms. The van der Waals surface area contributed by atoms with Crippen LogP contribution in [0.15, 0.2) is 6.20 Å². The smallest absolute Gasteiger partial charge is 0.325 e. The van der Waals surface area contributed by atoms with Gasteiger partial charge in [0.2, 0.25) is 5.91 Å². The average Bonchev–Trinajstić information content (AvgIpc) is 2.75. The molecule has 0 bridgehead atoms. The SMILES string of the molecule is NC1CCCCCC1C(=O)NCc1cn(CC(=O)O)nn1. The summed E-state index contributed by atoms with van der Waals surface area (Å²) in [4.78, 5) is 22.7. The van der Waals surface area contributed by atoms with Crippen LogP contribution in [0.3, 0.4) is 0 Å². The minimum atomic E-state index is -0.986. The lowest BCUT2D eigenvalue weighted by Gasteiger charge is -2.20. The Bertz CT molecular complexity index is 502. The number of carboxylic acid groups (broad SMARTS) is 1. The molecule has 1 aliphatic rings. The van der Waals surface area contributed by atoms with Crippen LogP contribution in [0.2, 0.25) is 0 Å². The van der Waals surface area contributed by atoms with Crippen LogP contribution >= 0.6 is 0 Å². The fourth-order valence-corrected chi connectivity index (χ4v) is 2.61. The van der Waals surface area contributed by atoms with E-state index in [1.165, 1.54) is 10.9 Å². The van der Waals surface area contributed by atoms with Crippen molar-refractivity contribution in [2.24, 2.45) is 11.7 Å². The zero-order valence-corrected chi connectivity index (χ0v) is 11.9. The third-order valence-electron chi connectivity index (χ3n) is 3.73. The number of aliphatic carboxylic acids is 1. The number of carboxylic acids is 1. The second-order valence-corrected chi connectivity index (χ2v) is 5.43. The molecule has 0 saturated heterocycles. The summed E-state index contributed by atoms with van der Waals surface area (Å²) >= 11 is 0. The van der Waals surface area contributed by atoms with Crippen molar-refractivity contribution in [2.75, 3.05) is 0 Å². The fourth-order valence-electron chi connectivity index (χ4n) is 2.61. The van der Waals surface area contributed by atoms with Crippen LogP contribution in [0.5, 0.6) is 0 Å². The predicted octanol–water partition coefficient (Wildman–Crippen LogP) is -0.114. The van der Waals surface area contributed by atoms with Crippen molar-refractivity contribution in [3.05, 3.63) is 11.9 Å². The minimum absolute atomic E-state index is 0.0582. The van der Waals surface area contributed by atoms with Gasteiger partial charge in [-0.3, -0.25) is 9.59 Å². The van der Waals surface area contributed by atoms with Gasteiger partial charge in [0.15, 0.2) is 0 Å². The maximum absolute atomic E-state index is 12.2. The third kappa shape index (κ3) is 4.52. The van der Waals surface area contributed by atoms with Crippen molar-refractivity contribution < 1.29 is 14.7 Å². The first-order valence-electron chi connectivity index (χ1n) is 7.20. The van der Waals surface area contributed by atoms with Gasteiger partial charge in [-0.1, -0.05) is 24.5 Å².